The molecule has 4 aromatic heterocycles. The fraction of sp³-hybridized carbons (Fsp3) is 0. The first-order valence-corrected chi connectivity index (χ1v) is 16.2. The molecule has 0 fully saturated rings. The van der Waals surface area contributed by atoms with E-state index < -0.39 is 0 Å². The van der Waals surface area contributed by atoms with Gasteiger partial charge in [0.05, 0.1) is 11.0 Å². The molecule has 0 aliphatic heterocycles. The molecule has 0 aliphatic rings. The number of hydrogen-bond donors (Lipinski definition) is 0. The molecule has 10 rings (SSSR count). The second-order valence-corrected chi connectivity index (χ2v) is 12.7. The van der Waals surface area contributed by atoms with Gasteiger partial charge in [0.1, 0.15) is 22.5 Å². The van der Waals surface area contributed by atoms with E-state index in [0.717, 1.165) is 66.7 Å². The predicted octanol–water partition coefficient (Wildman–Crippen LogP) is 11.9. The van der Waals surface area contributed by atoms with E-state index in [9.17, 15) is 0 Å². The van der Waals surface area contributed by atoms with Gasteiger partial charge in [-0.1, -0.05) is 91.0 Å². The smallest absolute Gasteiger partial charge is 0.135 e. The Morgan fingerprint density at radius 1 is 0.522 bits per heavy atom. The maximum absolute atomic E-state index is 6.26. The molecule has 6 aromatic carbocycles. The molecule has 0 amide bonds. The summed E-state index contributed by atoms with van der Waals surface area (Å²) < 4.78 is 10.9. The molecule has 4 heterocycles. The van der Waals surface area contributed by atoms with Crippen molar-refractivity contribution in [1.29, 1.82) is 0 Å². The minimum absolute atomic E-state index is 0.873. The third-order valence-electron chi connectivity index (χ3n) is 8.99. The lowest BCUT2D eigenvalue weighted by atomic mass is 10.1. The van der Waals surface area contributed by atoms with Gasteiger partial charge in [0.25, 0.3) is 0 Å². The van der Waals surface area contributed by atoms with Crippen LogP contribution >= 0.6 is 11.3 Å². The third kappa shape index (κ3) is 3.76. The topological polar surface area (TPSA) is 33.7 Å². The highest BCUT2D eigenvalue weighted by Crippen LogP contribution is 2.47. The molecule has 0 atom stereocenters. The van der Waals surface area contributed by atoms with Crippen molar-refractivity contribution in [1.82, 2.24) is 9.61 Å². The maximum Gasteiger partial charge on any atom is 0.135 e. The zero-order valence-electron chi connectivity index (χ0n) is 24.6. The Balaban J connectivity index is 1.33. The molecule has 0 radical (unpaired) electrons. The highest BCUT2D eigenvalue weighted by molar-refractivity contribution is 7.25. The second kappa shape index (κ2) is 9.80. The SMILES string of the molecule is c1ccc(-c2nn3c(ccc4ccccc43)c2N(c2ccc3oc4ccccc4c3c2)c2ccc3sc4ccccc4c3c2)cc1. The highest BCUT2D eigenvalue weighted by Gasteiger charge is 2.25. The lowest BCUT2D eigenvalue weighted by Crippen LogP contribution is -2.11. The van der Waals surface area contributed by atoms with Crippen LogP contribution in [0.5, 0.6) is 0 Å². The van der Waals surface area contributed by atoms with Crippen LogP contribution in [-0.2, 0) is 0 Å². The molecule has 0 N–H and O–H groups in total. The van der Waals surface area contributed by atoms with Gasteiger partial charge in [-0.2, -0.15) is 5.10 Å². The Kier molecular flexibility index (Phi) is 5.41. The lowest BCUT2D eigenvalue weighted by Gasteiger charge is -2.26. The average molecular weight is 608 g/mol. The van der Waals surface area contributed by atoms with Gasteiger partial charge in [-0.05, 0) is 60.7 Å². The van der Waals surface area contributed by atoms with Crippen molar-refractivity contribution < 1.29 is 4.42 Å². The van der Waals surface area contributed by atoms with Crippen molar-refractivity contribution in [2.24, 2.45) is 0 Å². The van der Waals surface area contributed by atoms with Crippen LogP contribution in [0.3, 0.4) is 0 Å². The molecular weight excluding hydrogens is 583 g/mol. The largest absolute Gasteiger partial charge is 0.456 e. The number of nitrogens with zero attached hydrogens (tertiary/aromatic N) is 3. The number of para-hydroxylation sites is 2. The van der Waals surface area contributed by atoms with Crippen LogP contribution in [0.15, 0.2) is 156 Å². The van der Waals surface area contributed by atoms with Gasteiger partial charge in [0.2, 0.25) is 0 Å². The summed E-state index contributed by atoms with van der Waals surface area (Å²) in [7, 11) is 0. The van der Waals surface area contributed by atoms with E-state index in [2.05, 4.69) is 149 Å². The van der Waals surface area contributed by atoms with Gasteiger partial charge in [0, 0.05) is 53.3 Å². The van der Waals surface area contributed by atoms with Crippen LogP contribution in [-0.4, -0.2) is 9.61 Å². The van der Waals surface area contributed by atoms with E-state index in [-0.39, 0.29) is 0 Å². The monoisotopic (exact) mass is 607 g/mol. The number of thiophene rings is 1. The Morgan fingerprint density at radius 3 is 2.13 bits per heavy atom. The van der Waals surface area contributed by atoms with Crippen molar-refractivity contribution in [2.75, 3.05) is 4.90 Å². The molecule has 0 saturated heterocycles. The average Bonchev–Trinajstić information content (AvgIpc) is 3.80. The van der Waals surface area contributed by atoms with E-state index in [4.69, 9.17) is 9.52 Å². The zero-order valence-corrected chi connectivity index (χ0v) is 25.4. The fourth-order valence-electron chi connectivity index (χ4n) is 6.87. The first-order valence-electron chi connectivity index (χ1n) is 15.4. The number of rotatable bonds is 4. The Bertz CT molecular complexity index is 2660. The quantitative estimate of drug-likeness (QED) is 0.200. The molecular formula is C41H25N3OS. The molecule has 216 valence electrons. The molecule has 0 aliphatic carbocycles. The van der Waals surface area contributed by atoms with Crippen LogP contribution < -0.4 is 4.90 Å². The van der Waals surface area contributed by atoms with Gasteiger partial charge >= 0.3 is 0 Å². The van der Waals surface area contributed by atoms with Crippen LogP contribution in [0.2, 0.25) is 0 Å². The third-order valence-corrected chi connectivity index (χ3v) is 10.1. The summed E-state index contributed by atoms with van der Waals surface area (Å²) in [5.41, 5.74) is 8.99. The van der Waals surface area contributed by atoms with Crippen LogP contribution in [0.1, 0.15) is 0 Å². The molecule has 0 unspecified atom stereocenters. The first-order chi connectivity index (χ1) is 22.8. The summed E-state index contributed by atoms with van der Waals surface area (Å²) >= 11 is 1.84. The molecule has 10 aromatic rings. The molecule has 4 nitrogen and oxygen atoms in total. The summed E-state index contributed by atoms with van der Waals surface area (Å²) in [6.07, 6.45) is 0. The standard InChI is InChI=1S/C41H25N3OS/c1-2-11-27(12-3-1)40-41(35-21-18-26-10-4-7-15-34(26)44(35)42-40)43(28-19-22-37-32(24-28)30-13-5-8-16-36(30)45-37)29-20-23-39-33(25-29)31-14-6-9-17-38(31)46-39/h1-25H. The van der Waals surface area contributed by atoms with E-state index in [1.54, 1.807) is 0 Å². The number of fused-ring (bicyclic) bond motifs is 9. The van der Waals surface area contributed by atoms with Crippen LogP contribution in [0.25, 0.3) is 69.8 Å². The number of hydrogen-bond acceptors (Lipinski definition) is 4. The first kappa shape index (κ1) is 25.4. The predicted molar refractivity (Wildman–Crippen MR) is 193 cm³/mol. The number of anilines is 3. The van der Waals surface area contributed by atoms with E-state index >= 15 is 0 Å². The van der Waals surface area contributed by atoms with E-state index in [1.807, 2.05) is 23.5 Å². The molecule has 0 saturated carbocycles. The van der Waals surface area contributed by atoms with Gasteiger partial charge in [-0.25, -0.2) is 4.52 Å². The van der Waals surface area contributed by atoms with Crippen molar-refractivity contribution in [3.63, 3.8) is 0 Å². The van der Waals surface area contributed by atoms with Crippen molar-refractivity contribution in [3.05, 3.63) is 152 Å². The molecule has 5 heteroatoms. The number of aromatic nitrogens is 2. The van der Waals surface area contributed by atoms with Gasteiger partial charge in [-0.15, -0.1) is 11.3 Å². The number of benzene rings is 6. The number of furan rings is 1. The lowest BCUT2D eigenvalue weighted by molar-refractivity contribution is 0.669. The Hall–Kier alpha value is -5.91. The minimum atomic E-state index is 0.873. The fourth-order valence-corrected chi connectivity index (χ4v) is 7.96. The van der Waals surface area contributed by atoms with Crippen molar-refractivity contribution in [3.8, 4) is 11.3 Å². The highest BCUT2D eigenvalue weighted by atomic mass is 32.1. The van der Waals surface area contributed by atoms with E-state index in [1.165, 1.54) is 20.2 Å². The van der Waals surface area contributed by atoms with Gasteiger partial charge < -0.3 is 9.32 Å². The van der Waals surface area contributed by atoms with Crippen LogP contribution in [0.4, 0.5) is 17.1 Å². The van der Waals surface area contributed by atoms with Crippen molar-refractivity contribution >= 4 is 86.9 Å². The Labute approximate surface area is 268 Å². The zero-order chi connectivity index (χ0) is 30.2. The molecule has 0 spiro atoms. The summed E-state index contributed by atoms with van der Waals surface area (Å²) in [6.45, 7) is 0. The Morgan fingerprint density at radius 2 is 1.22 bits per heavy atom. The van der Waals surface area contributed by atoms with E-state index in [0.29, 0.717) is 0 Å². The second-order valence-electron chi connectivity index (χ2n) is 11.6. The summed E-state index contributed by atoms with van der Waals surface area (Å²) in [6, 6.07) is 53.7. The normalized spacial score (nSPS) is 11.9. The summed E-state index contributed by atoms with van der Waals surface area (Å²) in [4.78, 5) is 2.38. The van der Waals surface area contributed by atoms with Crippen molar-refractivity contribution in [2.45, 2.75) is 0 Å². The van der Waals surface area contributed by atoms with Gasteiger partial charge in [0.15, 0.2) is 0 Å². The summed E-state index contributed by atoms with van der Waals surface area (Å²) in [5, 5.41) is 11.2. The summed E-state index contributed by atoms with van der Waals surface area (Å²) in [5.74, 6) is 0. The maximum atomic E-state index is 6.26. The minimum Gasteiger partial charge on any atom is -0.456 e. The van der Waals surface area contributed by atoms with Gasteiger partial charge in [-0.3, -0.25) is 0 Å². The molecule has 46 heavy (non-hydrogen) atoms. The number of pyridine rings is 1. The molecule has 0 bridgehead atoms. The van der Waals surface area contributed by atoms with Crippen LogP contribution in [0, 0.1) is 0 Å².